The first-order valence-electron chi connectivity index (χ1n) is 5.64. The summed E-state index contributed by atoms with van der Waals surface area (Å²) in [5, 5.41) is 7.38. The molecule has 0 saturated heterocycles. The molecule has 0 aliphatic heterocycles. The molecule has 0 aliphatic carbocycles. The summed E-state index contributed by atoms with van der Waals surface area (Å²) in [4.78, 5) is 10.1. The Bertz CT molecular complexity index is 481. The number of nitrogens with zero attached hydrogens (tertiary/aromatic N) is 2. The molecule has 0 fully saturated rings. The van der Waals surface area contributed by atoms with Crippen LogP contribution in [-0.2, 0) is 13.0 Å². The van der Waals surface area contributed by atoms with E-state index in [9.17, 15) is 0 Å². The van der Waals surface area contributed by atoms with Crippen LogP contribution < -0.4 is 10.6 Å². The molecule has 2 N–H and O–H groups in total. The summed E-state index contributed by atoms with van der Waals surface area (Å²) in [6.07, 6.45) is 2.99. The lowest BCUT2D eigenvalue weighted by Crippen LogP contribution is -2.02. The first-order valence-corrected chi connectivity index (χ1v) is 6.45. The summed E-state index contributed by atoms with van der Waals surface area (Å²) < 4.78 is 0. The van der Waals surface area contributed by atoms with Gasteiger partial charge in [0.15, 0.2) is 0 Å². The monoisotopic (exact) mass is 248 g/mol. The lowest BCUT2D eigenvalue weighted by molar-refractivity contribution is 1.07. The third kappa shape index (κ3) is 3.17. The van der Waals surface area contributed by atoms with Gasteiger partial charge in [-0.3, -0.25) is 0 Å². The molecule has 2 heterocycles. The average molecular weight is 248 g/mol. The predicted octanol–water partition coefficient (Wildman–Crippen LogP) is 2.75. The van der Waals surface area contributed by atoms with Crippen LogP contribution in [-0.4, -0.2) is 17.0 Å². The van der Waals surface area contributed by atoms with Gasteiger partial charge in [0.05, 0.1) is 6.54 Å². The molecule has 0 aromatic carbocycles. The molecule has 2 aromatic heterocycles. The van der Waals surface area contributed by atoms with Crippen LogP contribution in [0, 0.1) is 0 Å². The first kappa shape index (κ1) is 11.9. The van der Waals surface area contributed by atoms with Crippen molar-refractivity contribution in [2.75, 3.05) is 17.7 Å². The van der Waals surface area contributed by atoms with E-state index in [0.717, 1.165) is 29.6 Å². The average Bonchev–Trinajstić information content (AvgIpc) is 2.84. The Balaban J connectivity index is 1.96. The summed E-state index contributed by atoms with van der Waals surface area (Å²) in [5.41, 5.74) is 0. The quantitative estimate of drug-likeness (QED) is 0.854. The molecule has 2 aromatic rings. The highest BCUT2D eigenvalue weighted by Gasteiger charge is 2.01. The zero-order chi connectivity index (χ0) is 12.1. The van der Waals surface area contributed by atoms with E-state index in [2.05, 4.69) is 27.5 Å². The van der Waals surface area contributed by atoms with E-state index >= 15 is 0 Å². The lowest BCUT2D eigenvalue weighted by atomic mass is 10.4. The van der Waals surface area contributed by atoms with Crippen LogP contribution in [0.25, 0.3) is 0 Å². The molecule has 0 spiro atoms. The highest BCUT2D eigenvalue weighted by Crippen LogP contribution is 2.15. The van der Waals surface area contributed by atoms with Gasteiger partial charge < -0.3 is 10.6 Å². The van der Waals surface area contributed by atoms with Gasteiger partial charge in [-0.25, -0.2) is 9.97 Å². The van der Waals surface area contributed by atoms with Crippen molar-refractivity contribution in [2.24, 2.45) is 0 Å². The Hall–Kier alpha value is -1.62. The second-order valence-electron chi connectivity index (χ2n) is 3.59. The van der Waals surface area contributed by atoms with Crippen molar-refractivity contribution in [3.05, 3.63) is 34.3 Å². The summed E-state index contributed by atoms with van der Waals surface area (Å²) in [6.45, 7) is 2.87. The maximum Gasteiger partial charge on any atom is 0.128 e. The van der Waals surface area contributed by atoms with Gasteiger partial charge in [0.25, 0.3) is 0 Å². The molecule has 0 unspecified atom stereocenters. The van der Waals surface area contributed by atoms with Crippen molar-refractivity contribution in [1.29, 1.82) is 0 Å². The number of hydrogen-bond donors (Lipinski definition) is 2. The number of nitrogens with one attached hydrogen (secondary N) is 2. The molecular weight excluding hydrogens is 232 g/mol. The molecule has 0 bridgehead atoms. The highest BCUT2D eigenvalue weighted by molar-refractivity contribution is 7.11. The Kier molecular flexibility index (Phi) is 3.93. The van der Waals surface area contributed by atoms with E-state index in [-0.39, 0.29) is 0 Å². The molecule has 2 rings (SSSR count). The van der Waals surface area contributed by atoms with Crippen molar-refractivity contribution in [3.8, 4) is 0 Å². The second kappa shape index (κ2) is 5.63. The summed E-state index contributed by atoms with van der Waals surface area (Å²) >= 11 is 1.75. The number of rotatable bonds is 5. The number of hydrogen-bond acceptors (Lipinski definition) is 5. The minimum atomic E-state index is 0.727. The van der Waals surface area contributed by atoms with Crippen LogP contribution in [0.1, 0.15) is 16.8 Å². The van der Waals surface area contributed by atoms with Crippen LogP contribution in [0.4, 0.5) is 11.6 Å². The largest absolute Gasteiger partial charge is 0.373 e. The molecule has 0 aliphatic rings. The summed E-state index contributed by atoms with van der Waals surface area (Å²) in [5.74, 6) is 1.73. The minimum Gasteiger partial charge on any atom is -0.373 e. The third-order valence-electron chi connectivity index (χ3n) is 2.38. The fourth-order valence-corrected chi connectivity index (χ4v) is 2.23. The molecule has 5 heteroatoms. The second-order valence-corrected chi connectivity index (χ2v) is 4.79. The molecule has 0 atom stereocenters. The molecule has 0 amide bonds. The van der Waals surface area contributed by atoms with E-state index in [0.29, 0.717) is 0 Å². The fraction of sp³-hybridized carbons (Fsp3) is 0.333. The Morgan fingerprint density at radius 1 is 1.29 bits per heavy atom. The molecule has 0 radical (unpaired) electrons. The zero-order valence-electron chi connectivity index (χ0n) is 10.0. The van der Waals surface area contributed by atoms with Crippen LogP contribution in [0.2, 0.25) is 0 Å². The highest BCUT2D eigenvalue weighted by atomic mass is 32.1. The number of aromatic nitrogens is 2. The van der Waals surface area contributed by atoms with Gasteiger partial charge >= 0.3 is 0 Å². The van der Waals surface area contributed by atoms with E-state index in [4.69, 9.17) is 0 Å². The maximum atomic E-state index is 4.39. The van der Waals surface area contributed by atoms with Crippen LogP contribution in [0.15, 0.2) is 24.4 Å². The molecule has 4 nitrogen and oxygen atoms in total. The maximum absolute atomic E-state index is 4.39. The van der Waals surface area contributed by atoms with Crippen LogP contribution in [0.3, 0.4) is 0 Å². The van der Waals surface area contributed by atoms with Crippen LogP contribution in [0.5, 0.6) is 0 Å². The van der Waals surface area contributed by atoms with Crippen molar-refractivity contribution in [1.82, 2.24) is 9.97 Å². The summed E-state index contributed by atoms with van der Waals surface area (Å²) in [6, 6.07) is 5.86. The van der Waals surface area contributed by atoms with Gasteiger partial charge in [-0.05, 0) is 18.6 Å². The van der Waals surface area contributed by atoms with Gasteiger partial charge in [0, 0.05) is 18.1 Å². The molecule has 90 valence electrons. The minimum absolute atomic E-state index is 0.727. The smallest absolute Gasteiger partial charge is 0.128 e. The zero-order valence-corrected chi connectivity index (χ0v) is 10.8. The topological polar surface area (TPSA) is 49.8 Å². The number of aryl methyl sites for hydroxylation is 1. The Morgan fingerprint density at radius 2 is 2.12 bits per heavy atom. The SMILES string of the molecule is CCc1cnc(CNc2cccc(NC)n2)s1. The van der Waals surface area contributed by atoms with Gasteiger partial charge in [-0.1, -0.05) is 13.0 Å². The standard InChI is InChI=1S/C12H16N4S/c1-3-9-7-15-12(17-9)8-14-11-6-4-5-10(13-2)16-11/h4-7H,3,8H2,1-2H3,(H2,13,14,16). The number of thiazole rings is 1. The molecule has 0 saturated carbocycles. The van der Waals surface area contributed by atoms with Crippen molar-refractivity contribution < 1.29 is 0 Å². The van der Waals surface area contributed by atoms with Gasteiger partial charge in [0.2, 0.25) is 0 Å². The van der Waals surface area contributed by atoms with Crippen molar-refractivity contribution in [2.45, 2.75) is 19.9 Å². The van der Waals surface area contributed by atoms with E-state index < -0.39 is 0 Å². The van der Waals surface area contributed by atoms with Gasteiger partial charge in [-0.15, -0.1) is 11.3 Å². The van der Waals surface area contributed by atoms with Gasteiger partial charge in [0.1, 0.15) is 16.6 Å². The summed E-state index contributed by atoms with van der Waals surface area (Å²) in [7, 11) is 1.86. The Morgan fingerprint density at radius 3 is 2.82 bits per heavy atom. The van der Waals surface area contributed by atoms with Crippen molar-refractivity contribution in [3.63, 3.8) is 0 Å². The molecular formula is C12H16N4S. The number of anilines is 2. The molecule has 17 heavy (non-hydrogen) atoms. The van der Waals surface area contributed by atoms with E-state index in [1.165, 1.54) is 4.88 Å². The van der Waals surface area contributed by atoms with Gasteiger partial charge in [-0.2, -0.15) is 0 Å². The first-order chi connectivity index (χ1) is 8.31. The lowest BCUT2D eigenvalue weighted by Gasteiger charge is -2.05. The fourth-order valence-electron chi connectivity index (χ4n) is 1.43. The van der Waals surface area contributed by atoms with Crippen molar-refractivity contribution >= 4 is 23.0 Å². The Labute approximate surface area is 105 Å². The van der Waals surface area contributed by atoms with E-state index in [1.807, 2.05) is 31.4 Å². The number of pyridine rings is 1. The van der Waals surface area contributed by atoms with Crippen LogP contribution >= 0.6 is 11.3 Å². The van der Waals surface area contributed by atoms with E-state index in [1.54, 1.807) is 11.3 Å². The predicted molar refractivity (Wildman–Crippen MR) is 72.6 cm³/mol. The third-order valence-corrected chi connectivity index (χ3v) is 3.52. The normalized spacial score (nSPS) is 10.2.